The van der Waals surface area contributed by atoms with Gasteiger partial charge in [0.1, 0.15) is 23.2 Å². The van der Waals surface area contributed by atoms with Crippen molar-refractivity contribution in [3.63, 3.8) is 0 Å². The summed E-state index contributed by atoms with van der Waals surface area (Å²) < 4.78 is 6.01. The van der Waals surface area contributed by atoms with Crippen LogP contribution in [0.3, 0.4) is 0 Å². The number of rotatable bonds is 6. The second-order valence-corrected chi connectivity index (χ2v) is 6.11. The zero-order valence-electron chi connectivity index (χ0n) is 13.4. The van der Waals surface area contributed by atoms with E-state index in [1.54, 1.807) is 17.2 Å². The maximum absolute atomic E-state index is 4.56. The molecule has 0 radical (unpaired) electrons. The van der Waals surface area contributed by atoms with E-state index in [1.165, 1.54) is 17.9 Å². The largest absolute Gasteiger partial charge is 0.366 e. The van der Waals surface area contributed by atoms with E-state index in [0.717, 1.165) is 21.7 Å². The van der Waals surface area contributed by atoms with Gasteiger partial charge in [-0.1, -0.05) is 0 Å². The summed E-state index contributed by atoms with van der Waals surface area (Å²) in [4.78, 5) is 17.4. The second kappa shape index (κ2) is 6.77. The molecular weight excluding hydrogens is 338 g/mol. The Kier molecular flexibility index (Phi) is 4.17. The summed E-state index contributed by atoms with van der Waals surface area (Å²) in [5, 5.41) is 11.5. The fraction of sp³-hybridized carbons (Fsp3) is 0.200. The number of hydrogen-bond donors (Lipinski definition) is 2. The highest BCUT2D eigenvalue weighted by Gasteiger charge is 2.10. The highest BCUT2D eigenvalue weighted by Crippen LogP contribution is 2.23. The molecule has 9 nitrogen and oxygen atoms in total. The highest BCUT2D eigenvalue weighted by molar-refractivity contribution is 7.10. The monoisotopic (exact) mass is 353 g/mol. The van der Waals surface area contributed by atoms with E-state index in [4.69, 9.17) is 0 Å². The molecule has 10 heteroatoms. The molecule has 0 bridgehead atoms. The molecule has 0 saturated heterocycles. The number of aryl methyl sites for hydroxylation is 1. The van der Waals surface area contributed by atoms with Crippen LogP contribution in [0.25, 0.3) is 11.0 Å². The third kappa shape index (κ3) is 3.53. The second-order valence-electron chi connectivity index (χ2n) is 5.31. The van der Waals surface area contributed by atoms with Gasteiger partial charge in [0.15, 0.2) is 5.82 Å². The molecular formula is C15H15N9S. The van der Waals surface area contributed by atoms with E-state index in [2.05, 4.69) is 40.0 Å². The Morgan fingerprint density at radius 1 is 1.28 bits per heavy atom. The van der Waals surface area contributed by atoms with Gasteiger partial charge in [-0.3, -0.25) is 9.67 Å². The minimum atomic E-state index is 0.507. The molecule has 126 valence electrons. The lowest BCUT2D eigenvalue weighted by Crippen LogP contribution is -2.13. The van der Waals surface area contributed by atoms with Crippen molar-refractivity contribution < 1.29 is 0 Å². The fourth-order valence-electron chi connectivity index (χ4n) is 2.32. The zero-order chi connectivity index (χ0) is 17.1. The topological polar surface area (TPSA) is 106 Å². The SMILES string of the molecule is Cc1cc(Nc2nc(NCCn3cncn3)c3ncccc3n2)sn1. The number of fused-ring (bicyclic) bond motifs is 1. The van der Waals surface area contributed by atoms with Gasteiger partial charge in [-0.25, -0.2) is 9.97 Å². The molecule has 0 amide bonds. The van der Waals surface area contributed by atoms with Crippen molar-refractivity contribution in [1.29, 1.82) is 0 Å². The molecule has 4 rings (SSSR count). The molecule has 0 fully saturated rings. The summed E-state index contributed by atoms with van der Waals surface area (Å²) in [5.74, 6) is 1.18. The lowest BCUT2D eigenvalue weighted by molar-refractivity contribution is 0.635. The molecule has 0 aromatic carbocycles. The predicted octanol–water partition coefficient (Wildman–Crippen LogP) is 2.24. The van der Waals surface area contributed by atoms with Crippen molar-refractivity contribution in [3.05, 3.63) is 42.7 Å². The van der Waals surface area contributed by atoms with Gasteiger partial charge < -0.3 is 10.6 Å². The molecule has 4 aromatic heterocycles. The van der Waals surface area contributed by atoms with E-state index in [-0.39, 0.29) is 0 Å². The highest BCUT2D eigenvalue weighted by atomic mass is 32.1. The molecule has 25 heavy (non-hydrogen) atoms. The maximum Gasteiger partial charge on any atom is 0.230 e. The first-order valence-corrected chi connectivity index (χ1v) is 8.45. The van der Waals surface area contributed by atoms with Crippen LogP contribution in [0.15, 0.2) is 37.1 Å². The minimum absolute atomic E-state index is 0.507. The van der Waals surface area contributed by atoms with Crippen molar-refractivity contribution >= 4 is 39.3 Å². The van der Waals surface area contributed by atoms with Gasteiger partial charge in [0.05, 0.1) is 17.8 Å². The van der Waals surface area contributed by atoms with Crippen LogP contribution in [0.5, 0.6) is 0 Å². The van der Waals surface area contributed by atoms with Gasteiger partial charge in [0, 0.05) is 12.7 Å². The van der Waals surface area contributed by atoms with E-state index < -0.39 is 0 Å². The first kappa shape index (κ1) is 15.4. The Morgan fingerprint density at radius 2 is 2.24 bits per heavy atom. The molecule has 0 aliphatic heterocycles. The smallest absolute Gasteiger partial charge is 0.230 e. The summed E-state index contributed by atoms with van der Waals surface area (Å²) in [5.41, 5.74) is 2.46. The molecule has 0 saturated carbocycles. The van der Waals surface area contributed by atoms with Crippen LogP contribution in [0.1, 0.15) is 5.69 Å². The van der Waals surface area contributed by atoms with E-state index in [1.807, 2.05) is 25.1 Å². The fourth-order valence-corrected chi connectivity index (χ4v) is 2.97. The van der Waals surface area contributed by atoms with Crippen LogP contribution in [0.4, 0.5) is 16.8 Å². The summed E-state index contributed by atoms with van der Waals surface area (Å²) in [7, 11) is 0. The van der Waals surface area contributed by atoms with Crippen molar-refractivity contribution in [2.24, 2.45) is 0 Å². The maximum atomic E-state index is 4.56. The van der Waals surface area contributed by atoms with Gasteiger partial charge in [-0.15, -0.1) is 0 Å². The summed E-state index contributed by atoms with van der Waals surface area (Å²) >= 11 is 1.38. The van der Waals surface area contributed by atoms with E-state index in [9.17, 15) is 0 Å². The van der Waals surface area contributed by atoms with Crippen LogP contribution < -0.4 is 10.6 Å². The van der Waals surface area contributed by atoms with Crippen molar-refractivity contribution in [2.45, 2.75) is 13.5 Å². The van der Waals surface area contributed by atoms with E-state index >= 15 is 0 Å². The summed E-state index contributed by atoms with van der Waals surface area (Å²) in [6, 6.07) is 5.73. The normalized spacial score (nSPS) is 10.9. The number of aromatic nitrogens is 7. The summed E-state index contributed by atoms with van der Waals surface area (Å²) in [6.45, 7) is 3.27. The van der Waals surface area contributed by atoms with Gasteiger partial charge in [0.25, 0.3) is 0 Å². The van der Waals surface area contributed by atoms with E-state index in [0.29, 0.717) is 24.9 Å². The molecule has 2 N–H and O–H groups in total. The first-order chi connectivity index (χ1) is 12.3. The summed E-state index contributed by atoms with van der Waals surface area (Å²) in [6.07, 6.45) is 4.92. The number of hydrogen-bond acceptors (Lipinski definition) is 9. The minimum Gasteiger partial charge on any atom is -0.366 e. The third-order valence-electron chi connectivity index (χ3n) is 3.42. The van der Waals surface area contributed by atoms with Gasteiger partial charge >= 0.3 is 0 Å². The molecule has 0 atom stereocenters. The average molecular weight is 353 g/mol. The first-order valence-electron chi connectivity index (χ1n) is 7.67. The van der Waals surface area contributed by atoms with Crippen LogP contribution in [0.2, 0.25) is 0 Å². The molecule has 0 spiro atoms. The molecule has 4 heterocycles. The van der Waals surface area contributed by atoms with Gasteiger partial charge in [-0.2, -0.15) is 14.5 Å². The zero-order valence-corrected chi connectivity index (χ0v) is 14.2. The van der Waals surface area contributed by atoms with Gasteiger partial charge in [-0.05, 0) is 36.7 Å². The predicted molar refractivity (Wildman–Crippen MR) is 96.0 cm³/mol. The van der Waals surface area contributed by atoms with Crippen LogP contribution >= 0.6 is 11.5 Å². The van der Waals surface area contributed by atoms with Crippen molar-refractivity contribution in [1.82, 2.24) is 34.1 Å². The third-order valence-corrected chi connectivity index (χ3v) is 4.21. The standard InChI is InChI=1S/C15H15N9S/c1-10-7-12(25-23-10)21-15-20-11-3-2-4-17-13(11)14(22-15)18-5-6-24-9-16-8-19-24/h2-4,7-9H,5-6H2,1H3,(H2,18,20,21,22). The van der Waals surface area contributed by atoms with Crippen LogP contribution in [0, 0.1) is 6.92 Å². The lowest BCUT2D eigenvalue weighted by Gasteiger charge is -2.10. The average Bonchev–Trinajstić information content (AvgIpc) is 3.27. The Bertz CT molecular complexity index is 980. The molecule has 4 aromatic rings. The lowest BCUT2D eigenvalue weighted by atomic mass is 10.3. The number of anilines is 3. The quantitative estimate of drug-likeness (QED) is 0.543. The van der Waals surface area contributed by atoms with Crippen LogP contribution in [-0.2, 0) is 6.54 Å². The number of pyridine rings is 1. The Balaban J connectivity index is 1.59. The number of nitrogens with one attached hydrogen (secondary N) is 2. The molecule has 0 aliphatic rings. The van der Waals surface area contributed by atoms with Crippen molar-refractivity contribution in [2.75, 3.05) is 17.2 Å². The Hall–Kier alpha value is -3.14. The Labute approximate surface area is 147 Å². The molecule has 0 aliphatic carbocycles. The number of nitrogens with zero attached hydrogens (tertiary/aromatic N) is 7. The van der Waals surface area contributed by atoms with Crippen molar-refractivity contribution in [3.8, 4) is 0 Å². The Morgan fingerprint density at radius 3 is 3.04 bits per heavy atom. The van der Waals surface area contributed by atoms with Gasteiger partial charge in [0.2, 0.25) is 5.95 Å². The molecule has 0 unspecified atom stereocenters. The van der Waals surface area contributed by atoms with Crippen LogP contribution in [-0.4, -0.2) is 40.6 Å².